The number of hydrogen-bond acceptors (Lipinski definition) is 6. The fourth-order valence-corrected chi connectivity index (χ4v) is 7.59. The molecule has 0 aromatic rings. The molecule has 0 aliphatic heterocycles. The minimum absolute atomic E-state index is 0.0842. The van der Waals surface area contributed by atoms with Crippen LogP contribution in [0.25, 0.3) is 0 Å². The Morgan fingerprint density at radius 1 is 0.508 bits per heavy atom. The molecule has 0 aromatic carbocycles. The zero-order valence-electron chi connectivity index (χ0n) is 41.5. The second-order valence-corrected chi connectivity index (χ2v) is 19.6. The van der Waals surface area contributed by atoms with Crippen molar-refractivity contribution < 1.29 is 37.3 Å². The predicted octanol–water partition coefficient (Wildman–Crippen LogP) is 15.8. The van der Waals surface area contributed by atoms with Gasteiger partial charge < -0.3 is 18.9 Å². The van der Waals surface area contributed by atoms with Crippen molar-refractivity contribution in [1.82, 2.24) is 0 Å². The van der Waals surface area contributed by atoms with Gasteiger partial charge in [0.2, 0.25) is 0 Å². The summed E-state index contributed by atoms with van der Waals surface area (Å²) in [5.74, 6) is -0.318. The maximum atomic E-state index is 12.7. The van der Waals surface area contributed by atoms with E-state index in [1.165, 1.54) is 109 Å². The van der Waals surface area contributed by atoms with Crippen molar-refractivity contribution in [2.75, 3.05) is 54.1 Å². The van der Waals surface area contributed by atoms with E-state index in [1.54, 1.807) is 0 Å². The Hall–Kier alpha value is -2.06. The first-order valence-electron chi connectivity index (χ1n) is 25.7. The Morgan fingerprint density at radius 2 is 0.921 bits per heavy atom. The molecule has 366 valence electrons. The van der Waals surface area contributed by atoms with Crippen molar-refractivity contribution in [1.29, 1.82) is 0 Å². The van der Waals surface area contributed by atoms with Crippen LogP contribution in [0.5, 0.6) is 0 Å². The van der Waals surface area contributed by atoms with Gasteiger partial charge in [-0.1, -0.05) is 209 Å². The van der Waals surface area contributed by atoms with E-state index in [9.17, 15) is 14.3 Å². The average molecular weight is 905 g/mol. The number of rotatable bonds is 47. The Bertz CT molecular complexity index is 1230. The number of esters is 1. The van der Waals surface area contributed by atoms with Crippen LogP contribution in [0.3, 0.4) is 0 Å². The van der Waals surface area contributed by atoms with Crippen LogP contribution in [0.15, 0.2) is 72.9 Å². The molecule has 0 radical (unpaired) electrons. The Balaban J connectivity index is 4.15. The third-order valence-corrected chi connectivity index (χ3v) is 11.8. The quantitative estimate of drug-likeness (QED) is 0.0214. The molecule has 8 nitrogen and oxygen atoms in total. The van der Waals surface area contributed by atoms with E-state index in [-0.39, 0.29) is 25.8 Å². The van der Waals surface area contributed by atoms with Gasteiger partial charge in [0.05, 0.1) is 34.4 Å². The summed E-state index contributed by atoms with van der Waals surface area (Å²) >= 11 is 0. The molecule has 0 rings (SSSR count). The van der Waals surface area contributed by atoms with Gasteiger partial charge in [0, 0.05) is 13.0 Å². The van der Waals surface area contributed by atoms with Crippen LogP contribution in [0.2, 0.25) is 0 Å². The topological polar surface area (TPSA) is 91.3 Å². The van der Waals surface area contributed by atoms with E-state index < -0.39 is 13.9 Å². The number of unbranched alkanes of at least 4 members (excludes halogenated alkanes) is 21. The normalized spacial score (nSPS) is 14.2. The summed E-state index contributed by atoms with van der Waals surface area (Å²) in [7, 11) is 1.66. The maximum absolute atomic E-state index is 12.7. The Morgan fingerprint density at radius 3 is 1.38 bits per heavy atom. The summed E-state index contributed by atoms with van der Waals surface area (Å²) < 4.78 is 35.1. The first kappa shape index (κ1) is 60.9. The Kier molecular flexibility index (Phi) is 44.9. The summed E-state index contributed by atoms with van der Waals surface area (Å²) in [5.41, 5.74) is 0. The third-order valence-electron chi connectivity index (χ3n) is 10.8. The molecule has 63 heavy (non-hydrogen) atoms. The minimum Gasteiger partial charge on any atom is -0.457 e. The van der Waals surface area contributed by atoms with Gasteiger partial charge in [-0.2, -0.15) is 0 Å². The van der Waals surface area contributed by atoms with Crippen molar-refractivity contribution in [3.05, 3.63) is 72.9 Å². The number of ether oxygens (including phenoxy) is 2. The fourth-order valence-electron chi connectivity index (χ4n) is 6.85. The van der Waals surface area contributed by atoms with Crippen molar-refractivity contribution in [2.24, 2.45) is 0 Å². The summed E-state index contributed by atoms with van der Waals surface area (Å²) in [6.07, 6.45) is 60.9. The largest absolute Gasteiger partial charge is 0.472 e. The van der Waals surface area contributed by atoms with Gasteiger partial charge in [-0.15, -0.1) is 0 Å². The highest BCUT2D eigenvalue weighted by molar-refractivity contribution is 7.47. The number of nitrogens with zero attached hydrogens (tertiary/aromatic N) is 1. The molecule has 0 aromatic heterocycles. The van der Waals surface area contributed by atoms with E-state index in [1.807, 2.05) is 21.1 Å². The molecule has 0 spiro atoms. The molecule has 0 aliphatic rings. The molecular weight excluding hydrogens is 806 g/mol. The Labute approximate surface area is 389 Å². The van der Waals surface area contributed by atoms with E-state index in [4.69, 9.17) is 18.5 Å². The van der Waals surface area contributed by atoms with Crippen LogP contribution in [-0.4, -0.2) is 75.6 Å². The molecule has 0 heterocycles. The van der Waals surface area contributed by atoms with Gasteiger partial charge in [-0.25, -0.2) is 4.57 Å². The maximum Gasteiger partial charge on any atom is 0.472 e. The number of carbonyl (C=O) groups is 1. The smallest absolute Gasteiger partial charge is 0.457 e. The van der Waals surface area contributed by atoms with Crippen LogP contribution < -0.4 is 0 Å². The summed E-state index contributed by atoms with van der Waals surface area (Å²) in [5, 5.41) is 0. The third kappa shape index (κ3) is 50.8. The van der Waals surface area contributed by atoms with Gasteiger partial charge >= 0.3 is 13.8 Å². The highest BCUT2D eigenvalue weighted by Gasteiger charge is 2.26. The van der Waals surface area contributed by atoms with E-state index in [0.717, 1.165) is 77.0 Å². The zero-order chi connectivity index (χ0) is 46.2. The number of phosphoric acid groups is 1. The van der Waals surface area contributed by atoms with Crippen LogP contribution >= 0.6 is 7.82 Å². The van der Waals surface area contributed by atoms with Crippen LogP contribution in [0.1, 0.15) is 206 Å². The standard InChI is InChI=1S/C54H98NO7P/c1-6-8-10-12-14-16-18-20-22-23-24-25-26-27-28-29-30-31-32-34-36-38-40-42-44-46-49-59-51-53(52-61-63(57,58)60-50-48-55(3,4)5)62-54(56)47-45-43-41-39-37-35-33-21-19-17-15-13-11-9-7-2/h8,10,14,16,20,22,24-25,27-28,30-31,53H,6-7,9,11-13,15,17-19,21,23,26,29,32-52H2,1-5H3/p+1/b10-8-,16-14-,22-20-,25-24-,28-27-,31-30-. The first-order chi connectivity index (χ1) is 30.6. The SMILES string of the molecule is CC/C=C\C/C=C\C/C=C\C/C=C\C/C=C\C/C=C\CCCCCCCCCOCC(COP(=O)(O)OCC[N+](C)(C)C)OC(=O)CCCCCCCCCCCCCCCCC. The van der Waals surface area contributed by atoms with E-state index in [2.05, 4.69) is 86.8 Å². The molecule has 0 saturated carbocycles. The molecule has 0 aliphatic carbocycles. The number of likely N-dealkylation sites (N-methyl/N-ethyl adjacent to an activating group) is 1. The summed E-state index contributed by atoms with van der Waals surface area (Å²) in [6, 6.07) is 0. The number of phosphoric ester groups is 1. The number of hydrogen-bond donors (Lipinski definition) is 1. The molecule has 1 N–H and O–H groups in total. The second kappa shape index (κ2) is 46.5. The lowest BCUT2D eigenvalue weighted by molar-refractivity contribution is -0.870. The predicted molar refractivity (Wildman–Crippen MR) is 270 cm³/mol. The summed E-state index contributed by atoms with van der Waals surface area (Å²) in [6.45, 7) is 5.49. The molecule has 2 atom stereocenters. The number of carbonyl (C=O) groups excluding carboxylic acids is 1. The van der Waals surface area contributed by atoms with Crippen molar-refractivity contribution in [3.8, 4) is 0 Å². The van der Waals surface area contributed by atoms with Crippen LogP contribution in [0, 0.1) is 0 Å². The number of allylic oxidation sites excluding steroid dienone is 12. The van der Waals surface area contributed by atoms with Crippen molar-refractivity contribution in [3.63, 3.8) is 0 Å². The molecule has 0 bridgehead atoms. The lowest BCUT2D eigenvalue weighted by atomic mass is 10.0. The van der Waals surface area contributed by atoms with Crippen LogP contribution in [0.4, 0.5) is 0 Å². The van der Waals surface area contributed by atoms with Crippen molar-refractivity contribution >= 4 is 13.8 Å². The van der Waals surface area contributed by atoms with Crippen LogP contribution in [-0.2, 0) is 27.9 Å². The molecule has 0 saturated heterocycles. The molecule has 0 fully saturated rings. The first-order valence-corrected chi connectivity index (χ1v) is 27.2. The monoisotopic (exact) mass is 905 g/mol. The molecule has 2 unspecified atom stereocenters. The zero-order valence-corrected chi connectivity index (χ0v) is 42.4. The second-order valence-electron chi connectivity index (χ2n) is 18.2. The average Bonchev–Trinajstić information content (AvgIpc) is 3.24. The van der Waals surface area contributed by atoms with Gasteiger partial charge in [-0.05, 0) is 64.2 Å². The molecular formula is C54H99NO7P+. The van der Waals surface area contributed by atoms with E-state index in [0.29, 0.717) is 24.1 Å². The van der Waals surface area contributed by atoms with Gasteiger partial charge in [-0.3, -0.25) is 13.8 Å². The van der Waals surface area contributed by atoms with E-state index >= 15 is 0 Å². The van der Waals surface area contributed by atoms with Gasteiger partial charge in [0.15, 0.2) is 0 Å². The van der Waals surface area contributed by atoms with Crippen molar-refractivity contribution in [2.45, 2.75) is 213 Å². The highest BCUT2D eigenvalue weighted by atomic mass is 31.2. The van der Waals surface area contributed by atoms with Gasteiger partial charge in [0.25, 0.3) is 0 Å². The number of quaternary nitrogens is 1. The molecule has 9 heteroatoms. The van der Waals surface area contributed by atoms with Gasteiger partial charge in [0.1, 0.15) is 19.3 Å². The summed E-state index contributed by atoms with van der Waals surface area (Å²) in [4.78, 5) is 23.0. The lowest BCUT2D eigenvalue weighted by Gasteiger charge is -2.24. The molecule has 0 amide bonds. The lowest BCUT2D eigenvalue weighted by Crippen LogP contribution is -2.37. The highest BCUT2D eigenvalue weighted by Crippen LogP contribution is 2.43. The fraction of sp³-hybridized carbons (Fsp3) is 0.759. The minimum atomic E-state index is -4.28.